The summed E-state index contributed by atoms with van der Waals surface area (Å²) in [6, 6.07) is 6.34. The molecule has 4 rings (SSSR count). The summed E-state index contributed by atoms with van der Waals surface area (Å²) in [5.74, 6) is 1.64. The van der Waals surface area contributed by atoms with Gasteiger partial charge in [0, 0.05) is 37.8 Å². The van der Waals surface area contributed by atoms with Crippen LogP contribution >= 0.6 is 0 Å². The minimum absolute atomic E-state index is 0.184. The third-order valence-electron chi connectivity index (χ3n) is 5.70. The van der Waals surface area contributed by atoms with E-state index >= 15 is 0 Å². The van der Waals surface area contributed by atoms with Crippen LogP contribution < -0.4 is 0 Å². The Hall–Kier alpha value is -2.10. The van der Waals surface area contributed by atoms with Gasteiger partial charge in [0.2, 0.25) is 0 Å². The lowest BCUT2D eigenvalue weighted by molar-refractivity contribution is 0.0703. The number of nitrogens with zero attached hydrogens (tertiary/aromatic N) is 3. The second kappa shape index (κ2) is 6.66. The van der Waals surface area contributed by atoms with Crippen molar-refractivity contribution >= 4 is 5.91 Å². The van der Waals surface area contributed by atoms with Gasteiger partial charge in [0.25, 0.3) is 5.91 Å². The van der Waals surface area contributed by atoms with Crippen LogP contribution in [-0.2, 0) is 19.9 Å². The molecule has 2 aromatic rings. The molecule has 1 atom stereocenters. The lowest BCUT2D eigenvalue weighted by atomic mass is 9.90. The fourth-order valence-electron chi connectivity index (χ4n) is 4.44. The summed E-state index contributed by atoms with van der Waals surface area (Å²) in [6.07, 6.45) is 9.02. The highest BCUT2D eigenvalue weighted by Crippen LogP contribution is 2.28. The lowest BCUT2D eigenvalue weighted by Crippen LogP contribution is -2.39. The molecule has 0 spiro atoms. The number of hydrogen-bond acceptors (Lipinski definition) is 2. The summed E-state index contributed by atoms with van der Waals surface area (Å²) in [7, 11) is 2.06. The maximum atomic E-state index is 13.1. The maximum Gasteiger partial charge on any atom is 0.253 e. The largest absolute Gasteiger partial charge is 0.338 e. The molecule has 1 saturated heterocycles. The number of amides is 1. The Kier molecular flexibility index (Phi) is 4.36. The van der Waals surface area contributed by atoms with E-state index in [1.807, 2.05) is 17.9 Å². The highest BCUT2D eigenvalue weighted by atomic mass is 16.2. The smallest absolute Gasteiger partial charge is 0.253 e. The number of aromatic nitrogens is 2. The van der Waals surface area contributed by atoms with Crippen LogP contribution in [0.1, 0.15) is 64.6 Å². The Morgan fingerprint density at radius 3 is 2.72 bits per heavy atom. The number of hydrogen-bond donors (Lipinski definition) is 0. The molecular formula is C21H27N3O. The van der Waals surface area contributed by atoms with Crippen molar-refractivity contribution in [3.05, 3.63) is 52.6 Å². The molecule has 0 bridgehead atoms. The average Bonchev–Trinajstić information content (AvgIpc) is 2.99. The van der Waals surface area contributed by atoms with Crippen molar-refractivity contribution in [1.29, 1.82) is 0 Å². The fraction of sp³-hybridized carbons (Fsp3) is 0.524. The lowest BCUT2D eigenvalue weighted by Gasteiger charge is -2.32. The Morgan fingerprint density at radius 2 is 1.96 bits per heavy atom. The highest BCUT2D eigenvalue weighted by Gasteiger charge is 2.28. The molecular weight excluding hydrogens is 310 g/mol. The van der Waals surface area contributed by atoms with Gasteiger partial charge in [-0.2, -0.15) is 0 Å². The number of piperidine rings is 1. The quantitative estimate of drug-likeness (QED) is 0.839. The fourth-order valence-corrected chi connectivity index (χ4v) is 4.44. The second-order valence-corrected chi connectivity index (χ2v) is 7.63. The third kappa shape index (κ3) is 3.22. The summed E-state index contributed by atoms with van der Waals surface area (Å²) in [5.41, 5.74) is 4.72. The van der Waals surface area contributed by atoms with Crippen molar-refractivity contribution < 1.29 is 4.79 Å². The van der Waals surface area contributed by atoms with Gasteiger partial charge in [0.05, 0.1) is 5.69 Å². The van der Waals surface area contributed by atoms with Crippen LogP contribution in [0.25, 0.3) is 0 Å². The van der Waals surface area contributed by atoms with E-state index in [9.17, 15) is 4.79 Å². The van der Waals surface area contributed by atoms with E-state index in [0.717, 1.165) is 55.9 Å². The number of rotatable bonds is 2. The second-order valence-electron chi connectivity index (χ2n) is 7.63. The third-order valence-corrected chi connectivity index (χ3v) is 5.70. The molecule has 0 unspecified atom stereocenters. The van der Waals surface area contributed by atoms with E-state index in [4.69, 9.17) is 0 Å². The van der Waals surface area contributed by atoms with Gasteiger partial charge >= 0.3 is 0 Å². The van der Waals surface area contributed by atoms with Crippen molar-refractivity contribution in [3.63, 3.8) is 0 Å². The van der Waals surface area contributed by atoms with E-state index in [2.05, 4.69) is 34.9 Å². The molecule has 1 aromatic heterocycles. The topological polar surface area (TPSA) is 38.1 Å². The number of carbonyl (C=O) groups is 1. The molecule has 4 nitrogen and oxygen atoms in total. The van der Waals surface area contributed by atoms with Gasteiger partial charge in [-0.25, -0.2) is 4.98 Å². The van der Waals surface area contributed by atoms with Crippen molar-refractivity contribution in [2.24, 2.45) is 7.05 Å². The zero-order valence-electron chi connectivity index (χ0n) is 15.3. The summed E-state index contributed by atoms with van der Waals surface area (Å²) in [6.45, 7) is 3.67. The Balaban J connectivity index is 1.53. The van der Waals surface area contributed by atoms with Gasteiger partial charge in [0.1, 0.15) is 5.82 Å². The molecule has 0 N–H and O–H groups in total. The van der Waals surface area contributed by atoms with Crippen LogP contribution in [0.3, 0.4) is 0 Å². The summed E-state index contributed by atoms with van der Waals surface area (Å²) >= 11 is 0. The number of benzene rings is 1. The summed E-state index contributed by atoms with van der Waals surface area (Å²) < 4.78 is 2.12. The number of aryl methyl sites for hydroxylation is 4. The van der Waals surface area contributed by atoms with Gasteiger partial charge in [0.15, 0.2) is 0 Å². The van der Waals surface area contributed by atoms with E-state index in [0.29, 0.717) is 5.92 Å². The zero-order valence-corrected chi connectivity index (χ0v) is 15.3. The Morgan fingerprint density at radius 1 is 1.16 bits per heavy atom. The van der Waals surface area contributed by atoms with Gasteiger partial charge in [-0.05, 0) is 68.7 Å². The average molecular weight is 337 g/mol. The standard InChI is InChI=1S/C21H27N3O/c1-15-13-23(2)20(22-15)19-8-5-11-24(14-19)21(25)18-10-9-16-6-3-4-7-17(16)12-18/h9-10,12-13,19H,3-8,11,14H2,1-2H3/t19-/m0/s1. The van der Waals surface area contributed by atoms with Crippen LogP contribution in [0, 0.1) is 6.92 Å². The minimum atomic E-state index is 0.184. The predicted octanol–water partition coefficient (Wildman–Crippen LogP) is 3.63. The molecule has 1 amide bonds. The van der Waals surface area contributed by atoms with Gasteiger partial charge in [-0.15, -0.1) is 0 Å². The van der Waals surface area contributed by atoms with Crippen molar-refractivity contribution in [2.45, 2.75) is 51.4 Å². The SMILES string of the molecule is Cc1cn(C)c([C@H]2CCCN(C(=O)c3ccc4c(c3)CCCC4)C2)n1. The van der Waals surface area contributed by atoms with E-state index in [-0.39, 0.29) is 5.91 Å². The molecule has 4 heteroatoms. The summed E-state index contributed by atoms with van der Waals surface area (Å²) in [4.78, 5) is 19.8. The highest BCUT2D eigenvalue weighted by molar-refractivity contribution is 5.94. The van der Waals surface area contributed by atoms with Gasteiger partial charge < -0.3 is 9.47 Å². The van der Waals surface area contributed by atoms with Crippen LogP contribution in [0.15, 0.2) is 24.4 Å². The molecule has 2 heterocycles. The molecule has 2 aliphatic rings. The molecule has 25 heavy (non-hydrogen) atoms. The van der Waals surface area contributed by atoms with Crippen molar-refractivity contribution in [1.82, 2.24) is 14.5 Å². The van der Waals surface area contributed by atoms with Crippen molar-refractivity contribution in [2.75, 3.05) is 13.1 Å². The van der Waals surface area contributed by atoms with Gasteiger partial charge in [-0.3, -0.25) is 4.79 Å². The molecule has 1 aliphatic heterocycles. The van der Waals surface area contributed by atoms with Crippen molar-refractivity contribution in [3.8, 4) is 0 Å². The number of fused-ring (bicyclic) bond motifs is 1. The Labute approximate surface area is 149 Å². The zero-order chi connectivity index (χ0) is 17.4. The van der Waals surface area contributed by atoms with E-state index < -0.39 is 0 Å². The maximum absolute atomic E-state index is 13.1. The predicted molar refractivity (Wildman–Crippen MR) is 98.9 cm³/mol. The molecule has 1 aromatic carbocycles. The molecule has 132 valence electrons. The molecule has 0 saturated carbocycles. The first-order chi connectivity index (χ1) is 12.1. The van der Waals surface area contributed by atoms with Crippen LogP contribution in [0.4, 0.5) is 0 Å². The molecule has 1 fully saturated rings. The first kappa shape index (κ1) is 16.4. The monoisotopic (exact) mass is 337 g/mol. The summed E-state index contributed by atoms with van der Waals surface area (Å²) in [5, 5.41) is 0. The van der Waals surface area contributed by atoms with Crippen LogP contribution in [-0.4, -0.2) is 33.4 Å². The first-order valence-corrected chi connectivity index (χ1v) is 9.53. The normalized spacial score (nSPS) is 20.4. The van der Waals surface area contributed by atoms with E-state index in [1.54, 1.807) is 0 Å². The number of imidazole rings is 1. The van der Waals surface area contributed by atoms with E-state index in [1.165, 1.54) is 24.0 Å². The minimum Gasteiger partial charge on any atom is -0.338 e. The van der Waals surface area contributed by atoms with Gasteiger partial charge in [-0.1, -0.05) is 6.07 Å². The molecule has 0 radical (unpaired) electrons. The van der Waals surface area contributed by atoms with Crippen LogP contribution in [0.5, 0.6) is 0 Å². The first-order valence-electron chi connectivity index (χ1n) is 9.53. The number of carbonyl (C=O) groups excluding carboxylic acids is 1. The Bertz CT molecular complexity index is 792. The molecule has 1 aliphatic carbocycles. The van der Waals surface area contributed by atoms with Crippen LogP contribution in [0.2, 0.25) is 0 Å². The number of likely N-dealkylation sites (tertiary alicyclic amines) is 1.